The smallest absolute Gasteiger partial charge is 0.295 e. The first-order chi connectivity index (χ1) is 17.8. The summed E-state index contributed by atoms with van der Waals surface area (Å²) < 4.78 is 16.6. The Morgan fingerprint density at radius 1 is 0.919 bits per heavy atom. The fourth-order valence-corrected chi connectivity index (χ4v) is 4.76. The van der Waals surface area contributed by atoms with Crippen LogP contribution in [0, 0.1) is 13.8 Å². The molecule has 1 saturated heterocycles. The van der Waals surface area contributed by atoms with E-state index in [-0.39, 0.29) is 17.9 Å². The van der Waals surface area contributed by atoms with Crippen LogP contribution >= 0.6 is 0 Å². The number of ketones is 1. The lowest BCUT2D eigenvalue weighted by Gasteiger charge is -2.26. The van der Waals surface area contributed by atoms with Crippen LogP contribution in [0.5, 0.6) is 17.2 Å². The van der Waals surface area contributed by atoms with Crippen molar-refractivity contribution in [2.75, 3.05) is 20.8 Å². The summed E-state index contributed by atoms with van der Waals surface area (Å²) in [4.78, 5) is 28.4. The number of nitrogens with zero attached hydrogens (tertiary/aromatic N) is 1. The summed E-state index contributed by atoms with van der Waals surface area (Å²) in [6.45, 7) is 6.16. The Kier molecular flexibility index (Phi) is 7.53. The van der Waals surface area contributed by atoms with Crippen LogP contribution in [0.15, 0.2) is 66.2 Å². The number of benzene rings is 3. The molecule has 192 valence electrons. The zero-order valence-electron chi connectivity index (χ0n) is 21.7. The number of amides is 1. The maximum absolute atomic E-state index is 13.5. The number of hydrogen-bond donors (Lipinski definition) is 1. The highest BCUT2D eigenvalue weighted by Gasteiger charge is 2.46. The molecule has 0 bridgehead atoms. The van der Waals surface area contributed by atoms with Gasteiger partial charge >= 0.3 is 0 Å². The molecule has 1 unspecified atom stereocenters. The van der Waals surface area contributed by atoms with E-state index in [1.807, 2.05) is 57.2 Å². The molecule has 1 amide bonds. The second-order valence-corrected chi connectivity index (χ2v) is 8.88. The molecule has 1 N–H and O–H groups in total. The second-order valence-electron chi connectivity index (χ2n) is 8.88. The lowest BCUT2D eigenvalue weighted by Crippen LogP contribution is -2.29. The van der Waals surface area contributed by atoms with E-state index in [9.17, 15) is 14.7 Å². The molecule has 1 fully saturated rings. The molecule has 7 nitrogen and oxygen atoms in total. The van der Waals surface area contributed by atoms with E-state index in [0.717, 1.165) is 16.7 Å². The number of hydrogen-bond acceptors (Lipinski definition) is 6. The first-order valence-electron chi connectivity index (χ1n) is 12.1. The van der Waals surface area contributed by atoms with Crippen molar-refractivity contribution >= 4 is 17.4 Å². The minimum Gasteiger partial charge on any atom is -0.507 e. The highest BCUT2D eigenvalue weighted by molar-refractivity contribution is 6.46. The average Bonchev–Trinajstić information content (AvgIpc) is 3.15. The molecular formula is C30H31NO6. The van der Waals surface area contributed by atoms with Crippen molar-refractivity contribution in [3.8, 4) is 17.2 Å². The Bertz CT molecular complexity index is 1380. The van der Waals surface area contributed by atoms with Gasteiger partial charge in [-0.1, -0.05) is 30.3 Å². The zero-order chi connectivity index (χ0) is 26.7. The molecule has 3 aromatic rings. The number of aliphatic hydroxyl groups is 1. The molecule has 7 heteroatoms. The molecule has 1 aliphatic heterocycles. The van der Waals surface area contributed by atoms with Gasteiger partial charge in [-0.15, -0.1) is 0 Å². The SMILES string of the molecule is CCOc1cccc(C2/C(=C(\O)c3cc(C)c(OC)cc3C)C(=O)C(=O)N2Cc2ccccc2OC)c1. The molecule has 1 aliphatic rings. The Labute approximate surface area is 216 Å². The average molecular weight is 502 g/mol. The number of carbonyl (C=O) groups is 2. The Morgan fingerprint density at radius 2 is 1.65 bits per heavy atom. The fraction of sp³-hybridized carbons (Fsp3) is 0.267. The molecular weight excluding hydrogens is 470 g/mol. The lowest BCUT2D eigenvalue weighted by molar-refractivity contribution is -0.140. The van der Waals surface area contributed by atoms with E-state index in [2.05, 4.69) is 0 Å². The van der Waals surface area contributed by atoms with Crippen molar-refractivity contribution in [2.24, 2.45) is 0 Å². The van der Waals surface area contributed by atoms with Gasteiger partial charge in [-0.05, 0) is 67.8 Å². The molecule has 1 atom stereocenters. The van der Waals surface area contributed by atoms with Crippen molar-refractivity contribution in [3.05, 3.63) is 94.1 Å². The van der Waals surface area contributed by atoms with Gasteiger partial charge in [0.2, 0.25) is 0 Å². The minimum absolute atomic E-state index is 0.0289. The summed E-state index contributed by atoms with van der Waals surface area (Å²) in [6.07, 6.45) is 0. The largest absolute Gasteiger partial charge is 0.507 e. The van der Waals surface area contributed by atoms with E-state index >= 15 is 0 Å². The summed E-state index contributed by atoms with van der Waals surface area (Å²) in [5, 5.41) is 11.5. The van der Waals surface area contributed by atoms with E-state index in [0.29, 0.717) is 35.0 Å². The normalized spacial score (nSPS) is 16.7. The van der Waals surface area contributed by atoms with Gasteiger partial charge in [0.25, 0.3) is 11.7 Å². The van der Waals surface area contributed by atoms with E-state index in [1.165, 1.54) is 4.90 Å². The summed E-state index contributed by atoms with van der Waals surface area (Å²) in [5.41, 5.74) is 3.42. The number of aryl methyl sites for hydroxylation is 2. The van der Waals surface area contributed by atoms with Crippen LogP contribution < -0.4 is 14.2 Å². The van der Waals surface area contributed by atoms with E-state index < -0.39 is 17.7 Å². The summed E-state index contributed by atoms with van der Waals surface area (Å²) in [6, 6.07) is 17.3. The highest BCUT2D eigenvalue weighted by Crippen LogP contribution is 2.42. The van der Waals surface area contributed by atoms with Crippen LogP contribution in [0.1, 0.15) is 40.8 Å². The van der Waals surface area contributed by atoms with Crippen molar-refractivity contribution in [3.63, 3.8) is 0 Å². The summed E-state index contributed by atoms with van der Waals surface area (Å²) in [5.74, 6) is 0.226. The predicted molar refractivity (Wildman–Crippen MR) is 141 cm³/mol. The highest BCUT2D eigenvalue weighted by atomic mass is 16.5. The second kappa shape index (κ2) is 10.8. The van der Waals surface area contributed by atoms with Crippen molar-refractivity contribution < 1.29 is 28.9 Å². The van der Waals surface area contributed by atoms with Gasteiger partial charge in [-0.2, -0.15) is 0 Å². The van der Waals surface area contributed by atoms with Crippen LogP contribution in [-0.2, 0) is 16.1 Å². The fourth-order valence-electron chi connectivity index (χ4n) is 4.76. The number of methoxy groups -OCH3 is 2. The van der Waals surface area contributed by atoms with Crippen LogP contribution in [-0.4, -0.2) is 42.5 Å². The van der Waals surface area contributed by atoms with Crippen LogP contribution in [0.4, 0.5) is 0 Å². The number of carbonyl (C=O) groups excluding carboxylic acids is 2. The summed E-state index contributed by atoms with van der Waals surface area (Å²) in [7, 11) is 3.14. The van der Waals surface area contributed by atoms with Gasteiger partial charge in [-0.25, -0.2) is 0 Å². The molecule has 0 spiro atoms. The monoisotopic (exact) mass is 501 g/mol. The molecule has 0 aliphatic carbocycles. The minimum atomic E-state index is -0.827. The number of para-hydroxylation sites is 1. The number of rotatable bonds is 8. The third-order valence-electron chi connectivity index (χ3n) is 6.55. The maximum atomic E-state index is 13.5. The number of likely N-dealkylation sites (tertiary alicyclic amines) is 1. The van der Waals surface area contributed by atoms with Gasteiger partial charge in [0, 0.05) is 11.1 Å². The Hall–Kier alpha value is -4.26. The van der Waals surface area contributed by atoms with Crippen LogP contribution in [0.3, 0.4) is 0 Å². The molecule has 0 saturated carbocycles. The molecule has 0 radical (unpaired) electrons. The maximum Gasteiger partial charge on any atom is 0.295 e. The topological polar surface area (TPSA) is 85.3 Å². The van der Waals surface area contributed by atoms with Crippen LogP contribution in [0.2, 0.25) is 0 Å². The third kappa shape index (κ3) is 4.89. The zero-order valence-corrected chi connectivity index (χ0v) is 21.7. The lowest BCUT2D eigenvalue weighted by atomic mass is 9.93. The molecule has 37 heavy (non-hydrogen) atoms. The third-order valence-corrected chi connectivity index (χ3v) is 6.55. The number of ether oxygens (including phenoxy) is 3. The quantitative estimate of drug-likeness (QED) is 0.255. The van der Waals surface area contributed by atoms with E-state index in [4.69, 9.17) is 14.2 Å². The number of aliphatic hydroxyl groups excluding tert-OH is 1. The Balaban J connectivity index is 1.92. The van der Waals surface area contributed by atoms with Crippen molar-refractivity contribution in [2.45, 2.75) is 33.4 Å². The summed E-state index contributed by atoms with van der Waals surface area (Å²) >= 11 is 0. The van der Waals surface area contributed by atoms with E-state index in [1.54, 1.807) is 38.5 Å². The van der Waals surface area contributed by atoms with Crippen LogP contribution in [0.25, 0.3) is 5.76 Å². The molecule has 1 heterocycles. The van der Waals surface area contributed by atoms with Crippen molar-refractivity contribution in [1.82, 2.24) is 4.90 Å². The Morgan fingerprint density at radius 3 is 2.35 bits per heavy atom. The first-order valence-corrected chi connectivity index (χ1v) is 12.1. The van der Waals surface area contributed by atoms with Gasteiger partial charge in [0.1, 0.15) is 23.0 Å². The van der Waals surface area contributed by atoms with Gasteiger partial charge in [0.15, 0.2) is 0 Å². The first kappa shape index (κ1) is 25.8. The molecule has 3 aromatic carbocycles. The molecule has 4 rings (SSSR count). The number of Topliss-reactive ketones (excluding diaryl/α,β-unsaturated/α-hetero) is 1. The molecule has 0 aromatic heterocycles. The van der Waals surface area contributed by atoms with Crippen molar-refractivity contribution in [1.29, 1.82) is 0 Å². The standard InChI is InChI=1S/C30H31NO6/c1-6-37-22-12-9-11-20(16-22)27-26(28(32)23-14-19(3)25(36-5)15-18(23)2)29(33)30(34)31(27)17-21-10-7-8-13-24(21)35-4/h7-16,27,32H,6,17H2,1-5H3/b28-26+. The predicted octanol–water partition coefficient (Wildman–Crippen LogP) is 5.34. The van der Waals surface area contributed by atoms with Gasteiger partial charge in [0.05, 0.1) is 39.0 Å². The van der Waals surface area contributed by atoms with Gasteiger partial charge in [-0.3, -0.25) is 9.59 Å². The van der Waals surface area contributed by atoms with Gasteiger partial charge < -0.3 is 24.2 Å².